The van der Waals surface area contributed by atoms with Crippen molar-refractivity contribution in [3.8, 4) is 11.1 Å². The number of pyridine rings is 1. The molecule has 2 amide bonds. The highest BCUT2D eigenvalue weighted by atomic mass is 19.1. The van der Waals surface area contributed by atoms with Gasteiger partial charge in [0.2, 0.25) is 5.91 Å². The second kappa shape index (κ2) is 9.92. The van der Waals surface area contributed by atoms with Gasteiger partial charge in [0.25, 0.3) is 0 Å². The van der Waals surface area contributed by atoms with Gasteiger partial charge < -0.3 is 19.8 Å². The lowest BCUT2D eigenvalue weighted by Gasteiger charge is -2.32. The van der Waals surface area contributed by atoms with Gasteiger partial charge in [-0.1, -0.05) is 6.07 Å². The molecular formula is C22H24FN5O5. The molecule has 0 aliphatic carbocycles. The molecule has 1 aromatic heterocycles. The molecular weight excluding hydrogens is 433 g/mol. The summed E-state index contributed by atoms with van der Waals surface area (Å²) in [6.07, 6.45) is 1.91. The number of cyclic esters (lactones) is 1. The van der Waals surface area contributed by atoms with Crippen molar-refractivity contribution in [2.45, 2.75) is 6.10 Å². The number of hydrogen-bond acceptors (Lipinski definition) is 8. The van der Waals surface area contributed by atoms with Crippen LogP contribution in [0.15, 0.2) is 41.6 Å². The first-order chi connectivity index (χ1) is 16.0. The van der Waals surface area contributed by atoms with Crippen molar-refractivity contribution in [2.75, 3.05) is 50.8 Å². The first-order valence-corrected chi connectivity index (χ1v) is 10.5. The highest BCUT2D eigenvalue weighted by molar-refractivity contribution is 5.90. The number of aromatic nitrogens is 1. The van der Waals surface area contributed by atoms with Crippen LogP contribution in [0.4, 0.5) is 14.9 Å². The maximum Gasteiger partial charge on any atom is 0.414 e. The number of piperazine rings is 1. The van der Waals surface area contributed by atoms with Gasteiger partial charge in [0.15, 0.2) is 0 Å². The Kier molecular flexibility index (Phi) is 6.80. The molecule has 2 fully saturated rings. The molecule has 1 atom stereocenters. The number of carbonyl (C=O) groups excluding carboxylic acids is 2. The fraction of sp³-hybridized carbons (Fsp3) is 0.364. The van der Waals surface area contributed by atoms with E-state index in [0.29, 0.717) is 48.7 Å². The third-order valence-corrected chi connectivity index (χ3v) is 5.54. The summed E-state index contributed by atoms with van der Waals surface area (Å²) < 4.78 is 19.8. The number of anilines is 1. The highest BCUT2D eigenvalue weighted by Crippen LogP contribution is 2.28. The Hall–Kier alpha value is -3.57. The summed E-state index contributed by atoms with van der Waals surface area (Å²) in [7, 11) is 0. The van der Waals surface area contributed by atoms with Gasteiger partial charge in [-0.05, 0) is 24.3 Å². The molecule has 2 aliphatic heterocycles. The zero-order chi connectivity index (χ0) is 23.4. The quantitative estimate of drug-likeness (QED) is 0.612. The smallest absolute Gasteiger partial charge is 0.414 e. The van der Waals surface area contributed by atoms with Crippen molar-refractivity contribution in [1.29, 1.82) is 0 Å². The van der Waals surface area contributed by atoms with Gasteiger partial charge in [-0.25, -0.2) is 9.18 Å². The van der Waals surface area contributed by atoms with Crippen LogP contribution in [-0.2, 0) is 9.53 Å². The van der Waals surface area contributed by atoms with Crippen LogP contribution in [-0.4, -0.2) is 95.4 Å². The summed E-state index contributed by atoms with van der Waals surface area (Å²) >= 11 is 0. The molecule has 0 unspecified atom stereocenters. The summed E-state index contributed by atoms with van der Waals surface area (Å²) in [5.41, 5.74) is 1.87. The first-order valence-electron chi connectivity index (χ1n) is 10.5. The number of aliphatic hydroxyl groups excluding tert-OH is 2. The number of amides is 2. The topological polar surface area (TPSA) is 119 Å². The van der Waals surface area contributed by atoms with E-state index in [9.17, 15) is 14.0 Å². The average molecular weight is 457 g/mol. The minimum atomic E-state index is -0.620. The molecule has 11 heteroatoms. The van der Waals surface area contributed by atoms with Crippen LogP contribution in [0.2, 0.25) is 0 Å². The Bertz CT molecular complexity index is 1040. The molecule has 3 heterocycles. The van der Waals surface area contributed by atoms with E-state index >= 15 is 0 Å². The summed E-state index contributed by atoms with van der Waals surface area (Å²) in [5.74, 6) is -0.794. The molecule has 10 nitrogen and oxygen atoms in total. The largest absolute Gasteiger partial charge is 0.441 e. The summed E-state index contributed by atoms with van der Waals surface area (Å²) in [5, 5.41) is 24.3. The number of nitrogens with zero attached hydrogens (tertiary/aromatic N) is 5. The van der Waals surface area contributed by atoms with Gasteiger partial charge in [-0.2, -0.15) is 5.10 Å². The van der Waals surface area contributed by atoms with Crippen molar-refractivity contribution >= 4 is 23.9 Å². The second-order valence-corrected chi connectivity index (χ2v) is 7.67. The maximum atomic E-state index is 14.8. The van der Waals surface area contributed by atoms with Gasteiger partial charge in [0, 0.05) is 30.4 Å². The van der Waals surface area contributed by atoms with E-state index in [-0.39, 0.29) is 19.1 Å². The third kappa shape index (κ3) is 5.10. The van der Waals surface area contributed by atoms with Crippen LogP contribution in [0.5, 0.6) is 0 Å². The normalized spacial score (nSPS) is 18.8. The summed E-state index contributed by atoms with van der Waals surface area (Å²) in [4.78, 5) is 30.6. The summed E-state index contributed by atoms with van der Waals surface area (Å²) in [6, 6.07) is 7.91. The van der Waals surface area contributed by atoms with Crippen molar-refractivity contribution in [1.82, 2.24) is 14.9 Å². The number of hydrogen-bond donors (Lipinski definition) is 2. The maximum absolute atomic E-state index is 14.8. The zero-order valence-corrected chi connectivity index (χ0v) is 17.8. The fourth-order valence-electron chi connectivity index (χ4n) is 3.68. The van der Waals surface area contributed by atoms with Gasteiger partial charge in [-0.15, -0.1) is 0 Å². The van der Waals surface area contributed by atoms with Gasteiger partial charge in [0.05, 0.1) is 43.8 Å². The van der Waals surface area contributed by atoms with Crippen molar-refractivity contribution in [3.63, 3.8) is 0 Å². The number of benzene rings is 1. The molecule has 2 saturated heterocycles. The van der Waals surface area contributed by atoms with Crippen LogP contribution in [0.25, 0.3) is 11.1 Å². The fourth-order valence-corrected chi connectivity index (χ4v) is 3.68. The number of halogens is 1. The van der Waals surface area contributed by atoms with Crippen LogP contribution < -0.4 is 4.90 Å². The molecule has 4 rings (SSSR count). The number of hydrazone groups is 1. The first kappa shape index (κ1) is 22.6. The molecule has 174 valence electrons. The lowest BCUT2D eigenvalue weighted by Crippen LogP contribution is -2.47. The number of rotatable bonds is 6. The molecule has 0 bridgehead atoms. The molecule has 0 radical (unpaired) electrons. The van der Waals surface area contributed by atoms with Crippen molar-refractivity contribution in [3.05, 3.63) is 48.0 Å². The predicted molar refractivity (Wildman–Crippen MR) is 117 cm³/mol. The minimum Gasteiger partial charge on any atom is -0.441 e. The Labute approximate surface area is 189 Å². The third-order valence-electron chi connectivity index (χ3n) is 5.54. The number of ether oxygens (including phenoxy) is 1. The SMILES string of the molecule is O=C(CO)N1CCN(/N=C/c2ccc(-c3ccc(N4C[C@H](CO)OC4=O)cc3F)cn2)CC1. The predicted octanol–water partition coefficient (Wildman–Crippen LogP) is 0.676. The summed E-state index contributed by atoms with van der Waals surface area (Å²) in [6.45, 7) is 1.49. The van der Waals surface area contributed by atoms with Crippen LogP contribution >= 0.6 is 0 Å². The van der Waals surface area contributed by atoms with E-state index in [4.69, 9.17) is 14.9 Å². The highest BCUT2D eigenvalue weighted by Gasteiger charge is 2.32. The molecule has 0 saturated carbocycles. The average Bonchev–Trinajstić information content (AvgIpc) is 3.23. The van der Waals surface area contributed by atoms with Crippen molar-refractivity contribution < 1.29 is 28.9 Å². The molecule has 0 spiro atoms. The molecule has 2 aliphatic rings. The van der Waals surface area contributed by atoms with E-state index in [1.54, 1.807) is 41.6 Å². The van der Waals surface area contributed by atoms with Gasteiger partial charge >= 0.3 is 6.09 Å². The van der Waals surface area contributed by atoms with Gasteiger partial charge in [0.1, 0.15) is 18.5 Å². The molecule has 2 N–H and O–H groups in total. The van der Waals surface area contributed by atoms with E-state index < -0.39 is 24.6 Å². The second-order valence-electron chi connectivity index (χ2n) is 7.67. The van der Waals surface area contributed by atoms with E-state index in [2.05, 4.69) is 10.1 Å². The minimum absolute atomic E-state index is 0.163. The van der Waals surface area contributed by atoms with Gasteiger partial charge in [-0.3, -0.25) is 19.7 Å². The molecule has 33 heavy (non-hydrogen) atoms. The lowest BCUT2D eigenvalue weighted by atomic mass is 10.1. The number of aliphatic hydroxyl groups is 2. The molecule has 1 aromatic carbocycles. The Morgan fingerprint density at radius 3 is 2.61 bits per heavy atom. The van der Waals surface area contributed by atoms with Crippen LogP contribution in [0.1, 0.15) is 5.69 Å². The Balaban J connectivity index is 1.39. The Morgan fingerprint density at radius 1 is 1.21 bits per heavy atom. The van der Waals surface area contributed by atoms with Crippen molar-refractivity contribution in [2.24, 2.45) is 5.10 Å². The van der Waals surface area contributed by atoms with Crippen LogP contribution in [0.3, 0.4) is 0 Å². The number of carbonyl (C=O) groups is 2. The van der Waals surface area contributed by atoms with Crippen LogP contribution in [0, 0.1) is 5.82 Å². The lowest BCUT2D eigenvalue weighted by molar-refractivity contribution is -0.135. The van der Waals surface area contributed by atoms with E-state index in [1.165, 1.54) is 11.0 Å². The zero-order valence-electron chi connectivity index (χ0n) is 17.8. The van der Waals surface area contributed by atoms with E-state index in [1.807, 2.05) is 5.01 Å². The monoisotopic (exact) mass is 457 g/mol. The Morgan fingerprint density at radius 2 is 2.00 bits per heavy atom. The standard InChI is InChI=1S/C22H24FN5O5/c23-20-9-17(28-12-18(13-29)33-22(28)32)3-4-19(20)15-1-2-16(24-10-15)11-25-27-7-5-26(6-8-27)21(31)14-30/h1-4,9-11,18,29-30H,5-8,12-14H2/b25-11+/t18-/m1/s1. The molecule has 2 aromatic rings. The van der Waals surface area contributed by atoms with E-state index in [0.717, 1.165) is 0 Å².